The summed E-state index contributed by atoms with van der Waals surface area (Å²) in [5, 5.41) is 7.01. The van der Waals surface area contributed by atoms with Crippen LogP contribution in [0.1, 0.15) is 44.6 Å². The molecule has 2 N–H and O–H groups in total. The summed E-state index contributed by atoms with van der Waals surface area (Å²) in [6, 6.07) is 8.20. The van der Waals surface area contributed by atoms with Crippen LogP contribution in [0.5, 0.6) is 5.75 Å². The van der Waals surface area contributed by atoms with Gasteiger partial charge in [-0.2, -0.15) is 0 Å². The minimum absolute atomic E-state index is 0.333. The van der Waals surface area contributed by atoms with Crippen molar-refractivity contribution in [2.75, 3.05) is 54.1 Å². The van der Waals surface area contributed by atoms with Crippen molar-refractivity contribution in [3.63, 3.8) is 0 Å². The summed E-state index contributed by atoms with van der Waals surface area (Å²) in [6.45, 7) is 6.91. The Hall–Kier alpha value is -1.79. The topological polar surface area (TPSA) is 58.1 Å². The lowest BCUT2D eigenvalue weighted by Gasteiger charge is -2.30. The largest absolute Gasteiger partial charge is 0.492 e. The predicted molar refractivity (Wildman–Crippen MR) is 121 cm³/mol. The van der Waals surface area contributed by atoms with Gasteiger partial charge >= 0.3 is 0 Å². The highest BCUT2D eigenvalue weighted by Crippen LogP contribution is 2.40. The third-order valence-electron chi connectivity index (χ3n) is 5.71. The summed E-state index contributed by atoms with van der Waals surface area (Å²) in [7, 11) is 5.94. The van der Waals surface area contributed by atoms with E-state index in [1.807, 2.05) is 25.2 Å². The zero-order chi connectivity index (χ0) is 21.0. The number of hydrogen-bond donors (Lipinski definition) is 2. The van der Waals surface area contributed by atoms with Crippen LogP contribution in [0, 0.1) is 5.41 Å². The van der Waals surface area contributed by atoms with Crippen LogP contribution in [0.15, 0.2) is 29.3 Å². The first-order valence-electron chi connectivity index (χ1n) is 11.0. The highest BCUT2D eigenvalue weighted by atomic mass is 16.5. The Labute approximate surface area is 177 Å². The Morgan fingerprint density at radius 3 is 2.59 bits per heavy atom. The molecule has 1 fully saturated rings. The number of nitrogens with one attached hydrogen (secondary N) is 2. The Morgan fingerprint density at radius 2 is 1.90 bits per heavy atom. The zero-order valence-electron chi connectivity index (χ0n) is 18.8. The van der Waals surface area contributed by atoms with Crippen LogP contribution in [-0.2, 0) is 11.3 Å². The molecule has 0 bridgehead atoms. The molecule has 0 atom stereocenters. The number of nitrogens with zero attached hydrogens (tertiary/aromatic N) is 2. The lowest BCUT2D eigenvalue weighted by atomic mass is 9.83. The van der Waals surface area contributed by atoms with Gasteiger partial charge in [0.2, 0.25) is 0 Å². The van der Waals surface area contributed by atoms with Crippen LogP contribution in [0.4, 0.5) is 0 Å². The van der Waals surface area contributed by atoms with Crippen molar-refractivity contribution in [3.05, 3.63) is 29.8 Å². The molecule has 0 aromatic heterocycles. The maximum Gasteiger partial charge on any atom is 0.191 e. The lowest BCUT2D eigenvalue weighted by molar-refractivity contribution is 0.105. The fraction of sp³-hybridized carbons (Fsp3) is 0.696. The van der Waals surface area contributed by atoms with Crippen molar-refractivity contribution in [2.45, 2.75) is 45.6 Å². The second-order valence-electron chi connectivity index (χ2n) is 8.19. The molecule has 2 rings (SSSR count). The van der Waals surface area contributed by atoms with Gasteiger partial charge in [-0.1, -0.05) is 31.0 Å². The minimum atomic E-state index is 0.333. The Bertz CT molecular complexity index is 613. The number of para-hydroxylation sites is 1. The van der Waals surface area contributed by atoms with Gasteiger partial charge in [0.1, 0.15) is 12.4 Å². The van der Waals surface area contributed by atoms with Crippen LogP contribution in [-0.4, -0.2) is 64.9 Å². The molecule has 0 amide bonds. The van der Waals surface area contributed by atoms with E-state index in [0.717, 1.165) is 50.0 Å². The molecular weight excluding hydrogens is 364 g/mol. The molecule has 1 saturated carbocycles. The molecule has 29 heavy (non-hydrogen) atoms. The Morgan fingerprint density at radius 1 is 1.14 bits per heavy atom. The van der Waals surface area contributed by atoms with Crippen molar-refractivity contribution >= 4 is 5.96 Å². The van der Waals surface area contributed by atoms with E-state index in [1.54, 1.807) is 0 Å². The smallest absolute Gasteiger partial charge is 0.191 e. The van der Waals surface area contributed by atoms with Crippen molar-refractivity contribution in [1.82, 2.24) is 15.5 Å². The molecule has 6 heteroatoms. The molecule has 1 aliphatic rings. The number of hydrogen-bond acceptors (Lipinski definition) is 4. The normalized spacial score (nSPS) is 16.2. The first kappa shape index (κ1) is 23.5. The van der Waals surface area contributed by atoms with Crippen molar-refractivity contribution in [3.8, 4) is 5.75 Å². The van der Waals surface area contributed by atoms with Gasteiger partial charge in [0.05, 0.1) is 0 Å². The van der Waals surface area contributed by atoms with Crippen LogP contribution < -0.4 is 15.4 Å². The highest BCUT2D eigenvalue weighted by Gasteiger charge is 2.33. The molecule has 1 aliphatic carbocycles. The number of likely N-dealkylation sites (N-methyl/N-ethyl adjacent to an activating group) is 1. The molecule has 0 radical (unpaired) electrons. The number of aliphatic imine (C=N–C) groups is 1. The van der Waals surface area contributed by atoms with Crippen molar-refractivity contribution in [1.29, 1.82) is 0 Å². The third-order valence-corrected chi connectivity index (χ3v) is 5.71. The van der Waals surface area contributed by atoms with Crippen LogP contribution >= 0.6 is 0 Å². The van der Waals surface area contributed by atoms with E-state index in [0.29, 0.717) is 18.6 Å². The molecule has 6 nitrogen and oxygen atoms in total. The summed E-state index contributed by atoms with van der Waals surface area (Å²) in [5.41, 5.74) is 1.47. The van der Waals surface area contributed by atoms with Crippen LogP contribution in [0.2, 0.25) is 0 Å². The average molecular weight is 405 g/mol. The first-order chi connectivity index (χ1) is 14.1. The summed E-state index contributed by atoms with van der Waals surface area (Å²) in [4.78, 5) is 6.54. The quantitative estimate of drug-likeness (QED) is 0.318. The summed E-state index contributed by atoms with van der Waals surface area (Å²) in [6.07, 6.45) is 6.29. The zero-order valence-corrected chi connectivity index (χ0v) is 18.8. The number of rotatable bonds is 12. The minimum Gasteiger partial charge on any atom is -0.492 e. The van der Waals surface area contributed by atoms with E-state index in [2.05, 4.69) is 47.6 Å². The molecule has 1 aromatic carbocycles. The predicted octanol–water partition coefficient (Wildman–Crippen LogP) is 3.28. The third kappa shape index (κ3) is 8.23. The van der Waals surface area contributed by atoms with Gasteiger partial charge in [0.15, 0.2) is 5.96 Å². The van der Waals surface area contributed by atoms with E-state index < -0.39 is 0 Å². The standard InChI is InChI=1S/C23H40N4O2/c1-5-28-16-14-23(12-8-9-13-23)19-26-22(24-2)25-18-20-10-6-7-11-21(20)29-17-15-27(3)4/h6-7,10-11H,5,8-9,12-19H2,1-4H3,(H2,24,25,26). The van der Waals surface area contributed by atoms with Gasteiger partial charge in [-0.3, -0.25) is 4.99 Å². The lowest BCUT2D eigenvalue weighted by Crippen LogP contribution is -2.43. The van der Waals surface area contributed by atoms with E-state index in [9.17, 15) is 0 Å². The molecule has 0 spiro atoms. The molecular formula is C23H40N4O2. The molecule has 0 unspecified atom stereocenters. The highest BCUT2D eigenvalue weighted by molar-refractivity contribution is 5.79. The fourth-order valence-corrected chi connectivity index (χ4v) is 3.87. The van der Waals surface area contributed by atoms with Gasteiger partial charge in [0, 0.05) is 45.5 Å². The van der Waals surface area contributed by atoms with Gasteiger partial charge < -0.3 is 25.0 Å². The van der Waals surface area contributed by atoms with Crippen LogP contribution in [0.25, 0.3) is 0 Å². The van der Waals surface area contributed by atoms with E-state index in [-0.39, 0.29) is 0 Å². The maximum atomic E-state index is 5.97. The number of benzene rings is 1. The summed E-state index contributed by atoms with van der Waals surface area (Å²) >= 11 is 0. The molecule has 0 saturated heterocycles. The molecule has 0 heterocycles. The van der Waals surface area contributed by atoms with E-state index in [1.165, 1.54) is 25.7 Å². The SMILES string of the molecule is CCOCCC1(CNC(=NC)NCc2ccccc2OCCN(C)C)CCCC1. The molecule has 1 aromatic rings. The second-order valence-corrected chi connectivity index (χ2v) is 8.19. The maximum absolute atomic E-state index is 5.97. The van der Waals surface area contributed by atoms with Crippen molar-refractivity contribution < 1.29 is 9.47 Å². The number of guanidine groups is 1. The van der Waals surface area contributed by atoms with Crippen LogP contribution in [0.3, 0.4) is 0 Å². The average Bonchev–Trinajstić information content (AvgIpc) is 3.18. The second kappa shape index (κ2) is 12.7. The van der Waals surface area contributed by atoms with E-state index >= 15 is 0 Å². The van der Waals surface area contributed by atoms with Crippen molar-refractivity contribution in [2.24, 2.45) is 10.4 Å². The molecule has 0 aliphatic heterocycles. The van der Waals surface area contributed by atoms with Gasteiger partial charge in [0.25, 0.3) is 0 Å². The van der Waals surface area contributed by atoms with E-state index in [4.69, 9.17) is 9.47 Å². The first-order valence-corrected chi connectivity index (χ1v) is 11.0. The van der Waals surface area contributed by atoms with Gasteiger partial charge in [-0.15, -0.1) is 0 Å². The number of ether oxygens (including phenoxy) is 2. The van der Waals surface area contributed by atoms with Gasteiger partial charge in [-0.05, 0) is 51.8 Å². The fourth-order valence-electron chi connectivity index (χ4n) is 3.87. The summed E-state index contributed by atoms with van der Waals surface area (Å²) < 4.78 is 11.6. The Kier molecular flexibility index (Phi) is 10.3. The monoisotopic (exact) mass is 404 g/mol. The van der Waals surface area contributed by atoms with Gasteiger partial charge in [-0.25, -0.2) is 0 Å². The summed E-state index contributed by atoms with van der Waals surface area (Å²) in [5.74, 6) is 1.78. The Balaban J connectivity index is 1.86. The molecule has 164 valence electrons.